The van der Waals surface area contributed by atoms with Crippen LogP contribution < -0.4 is 22.5 Å². The van der Waals surface area contributed by atoms with Crippen molar-refractivity contribution in [2.24, 2.45) is 0 Å². The first-order valence-corrected chi connectivity index (χ1v) is 14.4. The number of aliphatic hydroxyl groups is 2. The molecule has 0 spiro atoms. The second-order valence-corrected chi connectivity index (χ2v) is 12.2. The number of aryl methyl sites for hydroxylation is 2. The molecular weight excluding hydrogens is 539 g/mol. The fourth-order valence-electron chi connectivity index (χ4n) is 5.23. The molecule has 2 aromatic heterocycles. The van der Waals surface area contributed by atoms with Gasteiger partial charge in [0.1, 0.15) is 24.7 Å². The van der Waals surface area contributed by atoms with E-state index in [1.54, 1.807) is 6.92 Å². The number of ether oxygens (including phenoxy) is 2. The Labute approximate surface area is 220 Å². The van der Waals surface area contributed by atoms with Crippen molar-refractivity contribution in [1.82, 2.24) is 19.1 Å². The standard InChI is InChI=1S/C23H31N4O11P/c1-11-8-26(22(32)24-20(11)30)17-6-13(29)19(36-17)14-4-3-5-39(34,37-14)38-15-7-18(35-16(15)10-28)27-9-12(2)21(31)25-23(27)33/h8-9,13-19,28-29H,3-7,10H2,1-2H3,(H,24,30,32)(H,25,31,33)/t13-,14-,15-,16+,17+,18+,19-,39+/m0/s1. The van der Waals surface area contributed by atoms with Crippen LogP contribution in [0.25, 0.3) is 0 Å². The van der Waals surface area contributed by atoms with Gasteiger partial charge in [-0.3, -0.25) is 33.3 Å². The van der Waals surface area contributed by atoms with Gasteiger partial charge in [0, 0.05) is 36.4 Å². The normalized spacial score (nSPS) is 34.9. The molecule has 5 rings (SSSR count). The number of hydrogen-bond acceptors (Lipinski definition) is 11. The highest BCUT2D eigenvalue weighted by atomic mass is 31.2. The Morgan fingerprint density at radius 1 is 1.00 bits per heavy atom. The van der Waals surface area contributed by atoms with Gasteiger partial charge in [0.05, 0.1) is 31.1 Å². The van der Waals surface area contributed by atoms with Crippen LogP contribution in [0.5, 0.6) is 0 Å². The first kappa shape index (κ1) is 27.9. The van der Waals surface area contributed by atoms with Crippen LogP contribution >= 0.6 is 7.60 Å². The lowest BCUT2D eigenvalue weighted by Gasteiger charge is -2.35. The molecule has 3 aliphatic rings. The van der Waals surface area contributed by atoms with Crippen LogP contribution in [0, 0.1) is 13.8 Å². The van der Waals surface area contributed by atoms with E-state index in [-0.39, 0.29) is 19.0 Å². The number of hydrogen-bond donors (Lipinski definition) is 4. The Kier molecular flexibility index (Phi) is 7.68. The van der Waals surface area contributed by atoms with Crippen LogP contribution in [-0.2, 0) is 23.1 Å². The molecule has 214 valence electrons. The molecule has 2 aromatic rings. The van der Waals surface area contributed by atoms with Crippen molar-refractivity contribution in [3.63, 3.8) is 0 Å². The fraction of sp³-hybridized carbons (Fsp3) is 0.652. The molecule has 39 heavy (non-hydrogen) atoms. The highest BCUT2D eigenvalue weighted by Crippen LogP contribution is 2.57. The van der Waals surface area contributed by atoms with Crippen molar-refractivity contribution in [2.75, 3.05) is 12.8 Å². The van der Waals surface area contributed by atoms with Gasteiger partial charge in [-0.25, -0.2) is 9.59 Å². The lowest BCUT2D eigenvalue weighted by molar-refractivity contribution is -0.0872. The molecule has 0 unspecified atom stereocenters. The number of nitrogens with zero attached hydrogens (tertiary/aromatic N) is 2. The van der Waals surface area contributed by atoms with Crippen LogP contribution in [0.2, 0.25) is 0 Å². The van der Waals surface area contributed by atoms with Gasteiger partial charge in [0.25, 0.3) is 11.1 Å². The first-order valence-electron chi connectivity index (χ1n) is 12.7. The van der Waals surface area contributed by atoms with Crippen molar-refractivity contribution in [3.8, 4) is 0 Å². The van der Waals surface area contributed by atoms with E-state index < -0.39 is 79.7 Å². The third-order valence-electron chi connectivity index (χ3n) is 7.29. The van der Waals surface area contributed by atoms with Gasteiger partial charge in [-0.2, -0.15) is 0 Å². The zero-order chi connectivity index (χ0) is 28.1. The largest absolute Gasteiger partial charge is 0.394 e. The van der Waals surface area contributed by atoms with Gasteiger partial charge in [0.2, 0.25) is 0 Å². The molecule has 0 amide bonds. The van der Waals surface area contributed by atoms with Gasteiger partial charge >= 0.3 is 19.0 Å². The second kappa shape index (κ2) is 10.7. The van der Waals surface area contributed by atoms with Crippen molar-refractivity contribution >= 4 is 7.60 Å². The van der Waals surface area contributed by atoms with Crippen molar-refractivity contribution in [3.05, 3.63) is 65.2 Å². The number of aromatic nitrogens is 4. The van der Waals surface area contributed by atoms with E-state index in [9.17, 15) is 34.0 Å². The molecule has 0 saturated carbocycles. The highest BCUT2D eigenvalue weighted by molar-refractivity contribution is 7.53. The third-order valence-corrected chi connectivity index (χ3v) is 9.34. The van der Waals surface area contributed by atoms with Gasteiger partial charge < -0.3 is 28.7 Å². The molecule has 15 nitrogen and oxygen atoms in total. The lowest BCUT2D eigenvalue weighted by Crippen LogP contribution is -2.39. The highest BCUT2D eigenvalue weighted by Gasteiger charge is 2.48. The molecule has 3 saturated heterocycles. The fourth-order valence-corrected chi connectivity index (χ4v) is 7.34. The maximum absolute atomic E-state index is 13.7. The predicted octanol–water partition coefficient (Wildman–Crippen LogP) is -0.611. The SMILES string of the molecule is Cc1cn([C@H]2C[C@H](O)[C@@H]([C@@H]3CCC[P@](=O)(O[C@H]4C[C@H](n5cc(C)c(=O)[nH]c5=O)O[C@@H]4CO)O3)O2)c(=O)[nH]c1=O. The van der Waals surface area contributed by atoms with Crippen LogP contribution in [0.3, 0.4) is 0 Å². The minimum atomic E-state index is -3.75. The maximum Gasteiger partial charge on any atom is 0.331 e. The van der Waals surface area contributed by atoms with E-state index in [1.807, 2.05) is 0 Å². The van der Waals surface area contributed by atoms with E-state index in [0.29, 0.717) is 24.0 Å². The predicted molar refractivity (Wildman–Crippen MR) is 134 cm³/mol. The Balaban J connectivity index is 1.29. The average molecular weight is 570 g/mol. The molecular formula is C23H31N4O11P. The Hall–Kier alpha value is -2.65. The minimum absolute atomic E-state index is 0.0547. The summed E-state index contributed by atoms with van der Waals surface area (Å²) in [7, 11) is -3.75. The molecule has 0 aromatic carbocycles. The molecule has 3 fully saturated rings. The second-order valence-electron chi connectivity index (χ2n) is 10.1. The number of rotatable bonds is 6. The molecule has 3 aliphatic heterocycles. The summed E-state index contributed by atoms with van der Waals surface area (Å²) in [5.41, 5.74) is -1.80. The average Bonchev–Trinajstić information content (AvgIpc) is 3.46. The summed E-state index contributed by atoms with van der Waals surface area (Å²) in [6.45, 7) is 2.61. The van der Waals surface area contributed by atoms with Crippen LogP contribution in [0.4, 0.5) is 0 Å². The van der Waals surface area contributed by atoms with E-state index in [1.165, 1.54) is 28.5 Å². The smallest absolute Gasteiger partial charge is 0.331 e. The molecule has 0 bridgehead atoms. The van der Waals surface area contributed by atoms with Crippen LogP contribution in [0.15, 0.2) is 31.6 Å². The van der Waals surface area contributed by atoms with Crippen molar-refractivity contribution in [2.45, 2.75) is 82.5 Å². The Morgan fingerprint density at radius 2 is 1.59 bits per heavy atom. The first-order chi connectivity index (χ1) is 18.5. The monoisotopic (exact) mass is 570 g/mol. The molecule has 0 aliphatic carbocycles. The maximum atomic E-state index is 13.7. The third kappa shape index (κ3) is 5.53. The topological polar surface area (TPSA) is 204 Å². The molecule has 0 radical (unpaired) electrons. The molecule has 8 atom stereocenters. The van der Waals surface area contributed by atoms with Crippen LogP contribution in [-0.4, -0.2) is 72.6 Å². The summed E-state index contributed by atoms with van der Waals surface area (Å²) in [5, 5.41) is 20.6. The summed E-state index contributed by atoms with van der Waals surface area (Å²) in [6, 6.07) is 0. The lowest BCUT2D eigenvalue weighted by atomic mass is 10.0. The summed E-state index contributed by atoms with van der Waals surface area (Å²) in [6.07, 6.45) is -2.50. The summed E-state index contributed by atoms with van der Waals surface area (Å²) >= 11 is 0. The molecule has 16 heteroatoms. The summed E-state index contributed by atoms with van der Waals surface area (Å²) < 4.78 is 39.6. The van der Waals surface area contributed by atoms with E-state index in [0.717, 1.165) is 0 Å². The van der Waals surface area contributed by atoms with E-state index >= 15 is 0 Å². The quantitative estimate of drug-likeness (QED) is 0.323. The van der Waals surface area contributed by atoms with E-state index in [2.05, 4.69) is 9.97 Å². The van der Waals surface area contributed by atoms with Gasteiger partial charge in [-0.05, 0) is 26.7 Å². The Morgan fingerprint density at radius 3 is 2.18 bits per heavy atom. The Bertz CT molecular complexity index is 1510. The zero-order valence-electron chi connectivity index (χ0n) is 21.3. The van der Waals surface area contributed by atoms with Crippen molar-refractivity contribution < 1.29 is 33.3 Å². The van der Waals surface area contributed by atoms with Gasteiger partial charge in [-0.1, -0.05) is 0 Å². The van der Waals surface area contributed by atoms with Gasteiger partial charge in [-0.15, -0.1) is 0 Å². The van der Waals surface area contributed by atoms with Crippen molar-refractivity contribution in [1.29, 1.82) is 0 Å². The molecule has 4 N–H and O–H groups in total. The number of H-pyrrole nitrogens is 2. The summed E-state index contributed by atoms with van der Waals surface area (Å²) in [4.78, 5) is 52.4. The van der Waals surface area contributed by atoms with Gasteiger partial charge in [0.15, 0.2) is 0 Å². The van der Waals surface area contributed by atoms with E-state index in [4.69, 9.17) is 18.5 Å². The zero-order valence-corrected chi connectivity index (χ0v) is 22.2. The number of aliphatic hydroxyl groups excluding tert-OH is 2. The number of nitrogens with one attached hydrogen (secondary N) is 2. The van der Waals surface area contributed by atoms with Crippen LogP contribution in [0.1, 0.15) is 49.3 Å². The molecule has 5 heterocycles. The minimum Gasteiger partial charge on any atom is -0.394 e. The summed E-state index contributed by atoms with van der Waals surface area (Å²) in [5.74, 6) is 0. The number of aromatic amines is 2.